The van der Waals surface area contributed by atoms with E-state index in [-0.39, 0.29) is 51.4 Å². The lowest BCUT2D eigenvalue weighted by molar-refractivity contribution is -0.358. The molecule has 0 saturated carbocycles. The summed E-state index contributed by atoms with van der Waals surface area (Å²) in [6.07, 6.45) is -17.3. The third-order valence-electron chi connectivity index (χ3n) is 8.19. The number of ether oxygens (including phenoxy) is 11. The zero-order valence-electron chi connectivity index (χ0n) is 32.6. The highest BCUT2D eigenvalue weighted by molar-refractivity contribution is 5.73. The van der Waals surface area contributed by atoms with E-state index in [1.807, 2.05) is 0 Å². The third-order valence-corrected chi connectivity index (χ3v) is 8.19. The molecule has 2 fully saturated rings. The summed E-state index contributed by atoms with van der Waals surface area (Å²) in [5.74, 6) is -6.18. The Morgan fingerprint density at radius 1 is 0.345 bits per heavy atom. The first-order valence-corrected chi connectivity index (χ1v) is 18.6. The minimum atomic E-state index is -1.83. The highest BCUT2D eigenvalue weighted by atomic mass is 16.8. The molecule has 10 atom stereocenters. The average Bonchev–Trinajstić information content (AvgIpc) is 3.19. The average molecular weight is 791 g/mol. The molecule has 55 heavy (non-hydrogen) atoms. The monoisotopic (exact) mass is 790 g/mol. The molecule has 0 bridgehead atoms. The van der Waals surface area contributed by atoms with Crippen molar-refractivity contribution < 1.29 is 90.5 Å². The lowest BCUT2D eigenvalue weighted by atomic mass is 9.95. The standard InChI is InChI=1S/C36H54O19/c1-9-21(37)45-17-19-29(49-23(39)11-3)31(50-24(40)12-4)34(53-27(43)15-7)36(48-19)55-30-20(18-46-22(38)10-2)47-35(54-28(44)16-8)33(52-26(42)14-6)32(30)51-25(41)13-5/h19-20,29-36H,9-18H2,1-8H3/t19?,20?,29-,30-,31?,32?,33?,34?,35+,36-/m1/s1. The molecule has 2 heterocycles. The van der Waals surface area contributed by atoms with Gasteiger partial charge in [0.2, 0.25) is 12.4 Å². The van der Waals surface area contributed by atoms with E-state index in [0.717, 1.165) is 0 Å². The number of rotatable bonds is 20. The Hall–Kier alpha value is -4.36. The molecule has 0 amide bonds. The molecule has 6 unspecified atom stereocenters. The molecule has 0 aliphatic carbocycles. The second-order valence-corrected chi connectivity index (χ2v) is 12.1. The number of esters is 8. The first-order chi connectivity index (χ1) is 26.2. The summed E-state index contributed by atoms with van der Waals surface area (Å²) >= 11 is 0. The van der Waals surface area contributed by atoms with Crippen LogP contribution in [0.1, 0.15) is 107 Å². The van der Waals surface area contributed by atoms with Gasteiger partial charge in [-0.15, -0.1) is 0 Å². The fourth-order valence-electron chi connectivity index (χ4n) is 5.15. The summed E-state index contributed by atoms with van der Waals surface area (Å²) in [7, 11) is 0. The van der Waals surface area contributed by atoms with Crippen molar-refractivity contribution in [3.8, 4) is 0 Å². The van der Waals surface area contributed by atoms with Crippen LogP contribution >= 0.6 is 0 Å². The molecule has 0 aromatic heterocycles. The quantitative estimate of drug-likeness (QED) is 0.127. The van der Waals surface area contributed by atoms with Gasteiger partial charge >= 0.3 is 47.8 Å². The Bertz CT molecular complexity index is 1330. The van der Waals surface area contributed by atoms with Gasteiger partial charge in [0.15, 0.2) is 30.7 Å². The Morgan fingerprint density at radius 2 is 0.636 bits per heavy atom. The molecule has 19 nitrogen and oxygen atoms in total. The number of carbonyl (C=O) groups is 8. The fourth-order valence-corrected chi connectivity index (χ4v) is 5.15. The van der Waals surface area contributed by atoms with Gasteiger partial charge in [0.1, 0.15) is 31.5 Å². The van der Waals surface area contributed by atoms with Crippen LogP contribution in [0.5, 0.6) is 0 Å². The van der Waals surface area contributed by atoms with E-state index in [4.69, 9.17) is 52.1 Å². The SMILES string of the molecule is CCC(=O)OCC1O[C@H](O[C@@H]2C(COC(=O)CC)O[C@@H](OC(=O)CC)C(OC(=O)CC)C2OC(=O)CC)C(OC(=O)CC)C(OC(=O)CC)[C@@H]1OC(=O)CC. The van der Waals surface area contributed by atoms with Crippen molar-refractivity contribution in [3.05, 3.63) is 0 Å². The highest BCUT2D eigenvalue weighted by Crippen LogP contribution is 2.36. The van der Waals surface area contributed by atoms with E-state index in [1.54, 1.807) is 0 Å². The third kappa shape index (κ3) is 14.0. The first kappa shape index (κ1) is 46.8. The maximum absolute atomic E-state index is 13.0. The second-order valence-electron chi connectivity index (χ2n) is 12.1. The Labute approximate surface area is 319 Å². The van der Waals surface area contributed by atoms with Crippen LogP contribution in [0.2, 0.25) is 0 Å². The Kier molecular flexibility index (Phi) is 20.0. The molecular weight excluding hydrogens is 736 g/mol. The van der Waals surface area contributed by atoms with Crippen molar-refractivity contribution in [2.75, 3.05) is 13.2 Å². The molecule has 0 aromatic rings. The summed E-state index contributed by atoms with van der Waals surface area (Å²) in [5.41, 5.74) is 0. The molecule has 2 aliphatic rings. The van der Waals surface area contributed by atoms with Crippen LogP contribution in [-0.4, -0.2) is 122 Å². The van der Waals surface area contributed by atoms with E-state index in [2.05, 4.69) is 0 Å². The van der Waals surface area contributed by atoms with Gasteiger partial charge in [-0.3, -0.25) is 38.4 Å². The minimum Gasteiger partial charge on any atom is -0.463 e. The molecule has 0 spiro atoms. The largest absolute Gasteiger partial charge is 0.463 e. The zero-order chi connectivity index (χ0) is 41.2. The summed E-state index contributed by atoms with van der Waals surface area (Å²) in [5, 5.41) is 0. The summed E-state index contributed by atoms with van der Waals surface area (Å²) < 4.78 is 63.4. The van der Waals surface area contributed by atoms with Crippen molar-refractivity contribution in [3.63, 3.8) is 0 Å². The van der Waals surface area contributed by atoms with Crippen LogP contribution < -0.4 is 0 Å². The van der Waals surface area contributed by atoms with Gasteiger partial charge in [-0.1, -0.05) is 55.4 Å². The minimum absolute atomic E-state index is 0.0409. The van der Waals surface area contributed by atoms with E-state index in [0.29, 0.717) is 0 Å². The van der Waals surface area contributed by atoms with Gasteiger partial charge in [-0.05, 0) is 0 Å². The second kappa shape index (κ2) is 23.5. The summed E-state index contributed by atoms with van der Waals surface area (Å²) in [6.45, 7) is 10.8. The van der Waals surface area contributed by atoms with Crippen LogP contribution in [-0.2, 0) is 90.5 Å². The maximum Gasteiger partial charge on any atom is 0.307 e. The number of hydrogen-bond acceptors (Lipinski definition) is 19. The molecule has 0 N–H and O–H groups in total. The topological polar surface area (TPSA) is 238 Å². The molecule has 2 aliphatic heterocycles. The van der Waals surface area contributed by atoms with Crippen molar-refractivity contribution in [1.29, 1.82) is 0 Å². The Morgan fingerprint density at radius 3 is 1.04 bits per heavy atom. The van der Waals surface area contributed by atoms with E-state index >= 15 is 0 Å². The smallest absolute Gasteiger partial charge is 0.307 e. The number of hydrogen-bond donors (Lipinski definition) is 0. The van der Waals surface area contributed by atoms with Gasteiger partial charge in [-0.2, -0.15) is 0 Å². The normalized spacial score (nSPS) is 27.4. The molecule has 0 radical (unpaired) electrons. The Balaban J connectivity index is 2.87. The summed E-state index contributed by atoms with van der Waals surface area (Å²) in [6, 6.07) is 0. The van der Waals surface area contributed by atoms with Crippen molar-refractivity contribution in [1.82, 2.24) is 0 Å². The molecule has 19 heteroatoms. The highest BCUT2D eigenvalue weighted by Gasteiger charge is 2.58. The van der Waals surface area contributed by atoms with Crippen molar-refractivity contribution >= 4 is 47.8 Å². The van der Waals surface area contributed by atoms with Gasteiger partial charge in [0.05, 0.1) is 0 Å². The van der Waals surface area contributed by atoms with E-state index < -0.39 is 122 Å². The van der Waals surface area contributed by atoms with Crippen molar-refractivity contribution in [2.24, 2.45) is 0 Å². The van der Waals surface area contributed by atoms with Crippen LogP contribution in [0.25, 0.3) is 0 Å². The van der Waals surface area contributed by atoms with Crippen LogP contribution in [0.4, 0.5) is 0 Å². The van der Waals surface area contributed by atoms with Crippen LogP contribution in [0.3, 0.4) is 0 Å². The predicted molar refractivity (Wildman–Crippen MR) is 182 cm³/mol. The van der Waals surface area contributed by atoms with Crippen LogP contribution in [0.15, 0.2) is 0 Å². The molecule has 2 saturated heterocycles. The zero-order valence-corrected chi connectivity index (χ0v) is 32.6. The summed E-state index contributed by atoms with van der Waals surface area (Å²) in [4.78, 5) is 101. The lowest BCUT2D eigenvalue weighted by Crippen LogP contribution is -2.67. The van der Waals surface area contributed by atoms with Gasteiger partial charge in [0.25, 0.3) is 0 Å². The molecular formula is C36H54O19. The van der Waals surface area contributed by atoms with Gasteiger partial charge in [0, 0.05) is 51.4 Å². The molecule has 312 valence electrons. The predicted octanol–water partition coefficient (Wildman–Crippen LogP) is 2.29. The van der Waals surface area contributed by atoms with Crippen LogP contribution in [0, 0.1) is 0 Å². The van der Waals surface area contributed by atoms with Gasteiger partial charge in [-0.25, -0.2) is 0 Å². The van der Waals surface area contributed by atoms with Gasteiger partial charge < -0.3 is 52.1 Å². The van der Waals surface area contributed by atoms with E-state index in [9.17, 15) is 38.4 Å². The fraction of sp³-hybridized carbons (Fsp3) is 0.778. The molecule has 2 rings (SSSR count). The first-order valence-electron chi connectivity index (χ1n) is 18.6. The van der Waals surface area contributed by atoms with E-state index in [1.165, 1.54) is 55.4 Å². The molecule has 0 aromatic carbocycles. The number of carbonyl (C=O) groups excluding carboxylic acids is 8. The maximum atomic E-state index is 13.0. The van der Waals surface area contributed by atoms with Crippen molar-refractivity contribution in [2.45, 2.75) is 168 Å². The lowest BCUT2D eigenvalue weighted by Gasteiger charge is -2.48.